The zero-order chi connectivity index (χ0) is 18.9. The van der Waals surface area contributed by atoms with Gasteiger partial charge in [-0.15, -0.1) is 0 Å². The quantitative estimate of drug-likeness (QED) is 0.708. The van der Waals surface area contributed by atoms with Crippen LogP contribution in [0.5, 0.6) is 0 Å². The second kappa shape index (κ2) is 7.18. The fourth-order valence-electron chi connectivity index (χ4n) is 3.71. The number of amides is 1. The van der Waals surface area contributed by atoms with Crippen LogP contribution >= 0.6 is 11.6 Å². The molecule has 3 nitrogen and oxygen atoms in total. The second-order valence-electron chi connectivity index (χ2n) is 6.78. The molecule has 0 aromatic heterocycles. The molecule has 4 heteroatoms. The van der Waals surface area contributed by atoms with E-state index in [1.807, 2.05) is 42.5 Å². The van der Waals surface area contributed by atoms with Gasteiger partial charge in [0.2, 0.25) is 0 Å². The topological polar surface area (TPSA) is 40.5 Å². The molecule has 1 atom stereocenters. The Morgan fingerprint density at radius 3 is 2.30 bits per heavy atom. The van der Waals surface area contributed by atoms with Crippen LogP contribution in [0.4, 0.5) is 5.69 Å². The van der Waals surface area contributed by atoms with Crippen molar-refractivity contribution >= 4 is 23.2 Å². The van der Waals surface area contributed by atoms with Gasteiger partial charge in [0.15, 0.2) is 5.60 Å². The number of rotatable bonds is 5. The standard InChI is InChI=1S/C23H20ClNO2/c24-19-14-12-18(13-15-19)23(27)20-10-4-5-11-21(20)25(22(23)26)16-6-9-17-7-2-1-3-8-17/h1-5,7-8,10-15,27H,6,9,16H2. The number of carbonyl (C=O) groups excluding carboxylic acids is 1. The summed E-state index contributed by atoms with van der Waals surface area (Å²) in [4.78, 5) is 15.0. The Labute approximate surface area is 163 Å². The molecule has 0 fully saturated rings. The van der Waals surface area contributed by atoms with Gasteiger partial charge in [-0.25, -0.2) is 0 Å². The molecule has 4 rings (SSSR count). The van der Waals surface area contributed by atoms with Crippen molar-refractivity contribution in [1.82, 2.24) is 0 Å². The fraction of sp³-hybridized carbons (Fsp3) is 0.174. The molecule has 136 valence electrons. The molecule has 3 aromatic rings. The van der Waals surface area contributed by atoms with Gasteiger partial charge in [-0.2, -0.15) is 0 Å². The molecule has 1 aliphatic rings. The number of aliphatic hydroxyl groups is 1. The summed E-state index contributed by atoms with van der Waals surface area (Å²) in [5.74, 6) is -0.306. The third-order valence-electron chi connectivity index (χ3n) is 5.09. The van der Waals surface area contributed by atoms with Gasteiger partial charge in [-0.3, -0.25) is 4.79 Å². The van der Waals surface area contributed by atoms with Crippen LogP contribution in [0.25, 0.3) is 0 Å². The molecular weight excluding hydrogens is 358 g/mol. The number of benzene rings is 3. The molecule has 1 unspecified atom stereocenters. The van der Waals surface area contributed by atoms with Crippen molar-refractivity contribution in [2.75, 3.05) is 11.4 Å². The van der Waals surface area contributed by atoms with Crippen LogP contribution < -0.4 is 4.90 Å². The third kappa shape index (κ3) is 3.14. The van der Waals surface area contributed by atoms with E-state index in [0.29, 0.717) is 22.7 Å². The van der Waals surface area contributed by atoms with E-state index < -0.39 is 5.60 Å². The first-order chi connectivity index (χ1) is 13.1. The van der Waals surface area contributed by atoms with Crippen molar-refractivity contribution in [3.8, 4) is 0 Å². The van der Waals surface area contributed by atoms with E-state index in [0.717, 1.165) is 18.5 Å². The van der Waals surface area contributed by atoms with E-state index in [4.69, 9.17) is 11.6 Å². The Kier molecular flexibility index (Phi) is 4.73. The average molecular weight is 378 g/mol. The van der Waals surface area contributed by atoms with Gasteiger partial charge in [0.1, 0.15) is 0 Å². The first-order valence-electron chi connectivity index (χ1n) is 9.04. The van der Waals surface area contributed by atoms with Crippen molar-refractivity contribution in [2.45, 2.75) is 18.4 Å². The molecule has 0 bridgehead atoms. The molecule has 0 saturated heterocycles. The second-order valence-corrected chi connectivity index (χ2v) is 7.22. The largest absolute Gasteiger partial charge is 0.372 e. The fourth-order valence-corrected chi connectivity index (χ4v) is 3.84. The highest BCUT2D eigenvalue weighted by molar-refractivity contribution is 6.30. The molecule has 1 amide bonds. The zero-order valence-corrected chi connectivity index (χ0v) is 15.6. The Bertz CT molecular complexity index is 956. The van der Waals surface area contributed by atoms with Gasteiger partial charge in [0, 0.05) is 17.1 Å². The van der Waals surface area contributed by atoms with E-state index in [2.05, 4.69) is 12.1 Å². The molecule has 0 aliphatic carbocycles. The summed E-state index contributed by atoms with van der Waals surface area (Å²) in [7, 11) is 0. The highest BCUT2D eigenvalue weighted by atomic mass is 35.5. The van der Waals surface area contributed by atoms with Crippen LogP contribution in [0.1, 0.15) is 23.1 Å². The lowest BCUT2D eigenvalue weighted by atomic mass is 9.87. The molecule has 1 aliphatic heterocycles. The number of halogens is 1. The number of fused-ring (bicyclic) bond motifs is 1. The van der Waals surface area contributed by atoms with Crippen LogP contribution in [0, 0.1) is 0 Å². The minimum absolute atomic E-state index is 0.306. The number of nitrogens with zero attached hydrogens (tertiary/aromatic N) is 1. The molecule has 0 saturated carbocycles. The van der Waals surface area contributed by atoms with Crippen LogP contribution in [-0.2, 0) is 16.8 Å². The minimum Gasteiger partial charge on any atom is -0.372 e. The van der Waals surface area contributed by atoms with Gasteiger partial charge in [0.05, 0.1) is 5.69 Å². The van der Waals surface area contributed by atoms with Crippen molar-refractivity contribution in [3.05, 3.63) is 101 Å². The Balaban J connectivity index is 1.62. The molecule has 1 heterocycles. The molecular formula is C23H20ClNO2. The lowest BCUT2D eigenvalue weighted by molar-refractivity contribution is -0.132. The smallest absolute Gasteiger partial charge is 0.268 e. The zero-order valence-electron chi connectivity index (χ0n) is 14.8. The summed E-state index contributed by atoms with van der Waals surface area (Å²) < 4.78 is 0. The predicted octanol–water partition coefficient (Wildman–Crippen LogP) is 4.56. The molecule has 0 radical (unpaired) electrons. The summed E-state index contributed by atoms with van der Waals surface area (Å²) in [6, 6.07) is 24.5. The number of para-hydroxylation sites is 1. The number of hydrogen-bond donors (Lipinski definition) is 1. The van der Waals surface area contributed by atoms with Crippen LogP contribution in [0.15, 0.2) is 78.9 Å². The summed E-state index contributed by atoms with van der Waals surface area (Å²) in [5, 5.41) is 12.0. The molecule has 27 heavy (non-hydrogen) atoms. The first kappa shape index (κ1) is 17.8. The average Bonchev–Trinajstić information content (AvgIpc) is 2.92. The van der Waals surface area contributed by atoms with Crippen molar-refractivity contribution in [2.24, 2.45) is 0 Å². The number of hydrogen-bond acceptors (Lipinski definition) is 2. The van der Waals surface area contributed by atoms with Crippen LogP contribution in [0.2, 0.25) is 5.02 Å². The van der Waals surface area contributed by atoms with Crippen LogP contribution in [0.3, 0.4) is 0 Å². The lowest BCUT2D eigenvalue weighted by Crippen LogP contribution is -2.41. The van der Waals surface area contributed by atoms with Crippen LogP contribution in [-0.4, -0.2) is 17.6 Å². The van der Waals surface area contributed by atoms with Crippen molar-refractivity contribution in [1.29, 1.82) is 0 Å². The van der Waals surface area contributed by atoms with E-state index in [1.54, 1.807) is 29.2 Å². The Morgan fingerprint density at radius 1 is 0.889 bits per heavy atom. The monoisotopic (exact) mass is 377 g/mol. The maximum atomic E-state index is 13.3. The number of carbonyl (C=O) groups is 1. The summed E-state index contributed by atoms with van der Waals surface area (Å²) in [6.45, 7) is 0.556. The first-order valence-corrected chi connectivity index (χ1v) is 9.42. The minimum atomic E-state index is -1.67. The van der Waals surface area contributed by atoms with Gasteiger partial charge < -0.3 is 10.0 Å². The highest BCUT2D eigenvalue weighted by Gasteiger charge is 2.50. The Hall–Kier alpha value is -2.62. The number of aryl methyl sites for hydroxylation is 1. The number of anilines is 1. The lowest BCUT2D eigenvalue weighted by Gasteiger charge is -2.24. The van der Waals surface area contributed by atoms with Gasteiger partial charge in [-0.05, 0) is 42.2 Å². The molecule has 3 aromatic carbocycles. The van der Waals surface area contributed by atoms with E-state index in [1.165, 1.54) is 5.56 Å². The summed E-state index contributed by atoms with van der Waals surface area (Å²) >= 11 is 5.98. The van der Waals surface area contributed by atoms with Gasteiger partial charge in [0.25, 0.3) is 5.91 Å². The summed E-state index contributed by atoms with van der Waals surface area (Å²) in [6.07, 6.45) is 1.70. The van der Waals surface area contributed by atoms with E-state index >= 15 is 0 Å². The Morgan fingerprint density at radius 2 is 1.56 bits per heavy atom. The van der Waals surface area contributed by atoms with Gasteiger partial charge in [-0.1, -0.05) is 72.3 Å². The molecule has 0 spiro atoms. The highest BCUT2D eigenvalue weighted by Crippen LogP contribution is 2.44. The normalized spacial score (nSPS) is 18.6. The molecule has 1 N–H and O–H groups in total. The summed E-state index contributed by atoms with van der Waals surface area (Å²) in [5.41, 5.74) is 1.50. The SMILES string of the molecule is O=C1N(CCCc2ccccc2)c2ccccc2C1(O)c1ccc(Cl)cc1. The van der Waals surface area contributed by atoms with Crippen molar-refractivity contribution < 1.29 is 9.90 Å². The maximum Gasteiger partial charge on any atom is 0.268 e. The van der Waals surface area contributed by atoms with Crippen molar-refractivity contribution in [3.63, 3.8) is 0 Å². The van der Waals surface area contributed by atoms with E-state index in [-0.39, 0.29) is 5.91 Å². The van der Waals surface area contributed by atoms with Gasteiger partial charge >= 0.3 is 0 Å². The predicted molar refractivity (Wildman–Crippen MR) is 108 cm³/mol. The maximum absolute atomic E-state index is 13.3. The van der Waals surface area contributed by atoms with E-state index in [9.17, 15) is 9.90 Å². The third-order valence-corrected chi connectivity index (χ3v) is 5.34.